The van der Waals surface area contributed by atoms with Crippen LogP contribution in [0, 0.1) is 0 Å². The van der Waals surface area contributed by atoms with Crippen molar-refractivity contribution in [2.45, 2.75) is 37.3 Å². The molecule has 0 aromatic rings. The molecule has 3 atom stereocenters. The number of thiocarbonyl (C=S) groups is 1. The molecule has 1 aliphatic rings. The Morgan fingerprint density at radius 1 is 1.43 bits per heavy atom. The van der Waals surface area contributed by atoms with E-state index in [2.05, 4.69) is 5.32 Å². The van der Waals surface area contributed by atoms with Crippen LogP contribution in [-0.4, -0.2) is 61.7 Å². The van der Waals surface area contributed by atoms with Crippen molar-refractivity contribution in [3.05, 3.63) is 0 Å². The quantitative estimate of drug-likeness (QED) is 0.394. The second-order valence-electron chi connectivity index (χ2n) is 4.93. The highest BCUT2D eigenvalue weighted by Gasteiger charge is 2.37. The van der Waals surface area contributed by atoms with Crippen molar-refractivity contribution >= 4 is 50.4 Å². The van der Waals surface area contributed by atoms with Crippen LogP contribution in [0.3, 0.4) is 0 Å². The molecule has 0 aliphatic carbocycles. The van der Waals surface area contributed by atoms with Gasteiger partial charge < -0.3 is 14.8 Å². The monoisotopic (exact) mass is 377 g/mol. The zero-order valence-electron chi connectivity index (χ0n) is 11.9. The van der Waals surface area contributed by atoms with Gasteiger partial charge in [-0.25, -0.2) is 8.42 Å². The van der Waals surface area contributed by atoms with Crippen LogP contribution in [0.25, 0.3) is 0 Å². The zero-order chi connectivity index (χ0) is 15.9. The minimum Gasteiger partial charge on any atom is -0.466 e. The number of nitrogens with one attached hydrogen (secondary N) is 1. The normalized spacial score (nSPS) is 25.5. The van der Waals surface area contributed by atoms with Crippen molar-refractivity contribution in [1.82, 2.24) is 5.32 Å². The van der Waals surface area contributed by atoms with Crippen LogP contribution in [0.15, 0.2) is 0 Å². The number of alkyl halides is 2. The SMILES string of the molecule is CCCOCC[C@H](CCl)OC(=S)N[C@H]1CS(=O)(=O)C[C@@H]1Cl. The van der Waals surface area contributed by atoms with Crippen molar-refractivity contribution in [3.63, 3.8) is 0 Å². The number of ether oxygens (including phenoxy) is 2. The summed E-state index contributed by atoms with van der Waals surface area (Å²) in [6.45, 7) is 3.28. The maximum absolute atomic E-state index is 11.5. The van der Waals surface area contributed by atoms with Crippen LogP contribution in [0.5, 0.6) is 0 Å². The Labute approximate surface area is 141 Å². The Hall–Kier alpha value is 0.180. The average Bonchev–Trinajstić information content (AvgIpc) is 2.65. The first kappa shape index (κ1) is 19.2. The summed E-state index contributed by atoms with van der Waals surface area (Å²) in [6, 6.07) is -0.420. The summed E-state index contributed by atoms with van der Waals surface area (Å²) in [6.07, 6.45) is 1.31. The van der Waals surface area contributed by atoms with Gasteiger partial charge in [-0.2, -0.15) is 0 Å². The first-order valence-electron chi connectivity index (χ1n) is 6.83. The Kier molecular flexibility index (Phi) is 8.56. The van der Waals surface area contributed by atoms with E-state index in [0.717, 1.165) is 6.42 Å². The van der Waals surface area contributed by atoms with Crippen LogP contribution < -0.4 is 5.32 Å². The third kappa shape index (κ3) is 7.32. The minimum atomic E-state index is -3.10. The van der Waals surface area contributed by atoms with Crippen molar-refractivity contribution in [1.29, 1.82) is 0 Å². The van der Waals surface area contributed by atoms with Crippen molar-refractivity contribution in [2.24, 2.45) is 0 Å². The van der Waals surface area contributed by atoms with Gasteiger partial charge in [0.15, 0.2) is 9.84 Å². The average molecular weight is 378 g/mol. The highest BCUT2D eigenvalue weighted by Crippen LogP contribution is 2.18. The van der Waals surface area contributed by atoms with E-state index in [4.69, 9.17) is 44.9 Å². The molecule has 1 fully saturated rings. The van der Waals surface area contributed by atoms with E-state index in [9.17, 15) is 8.42 Å². The van der Waals surface area contributed by atoms with E-state index < -0.39 is 21.3 Å². The third-order valence-corrected chi connectivity index (χ3v) is 5.90. The molecule has 0 aromatic heterocycles. The molecule has 5 nitrogen and oxygen atoms in total. The Morgan fingerprint density at radius 3 is 2.67 bits per heavy atom. The summed E-state index contributed by atoms with van der Waals surface area (Å²) < 4.78 is 33.8. The molecule has 9 heteroatoms. The molecular weight excluding hydrogens is 357 g/mol. The van der Waals surface area contributed by atoms with Gasteiger partial charge >= 0.3 is 0 Å². The summed E-state index contributed by atoms with van der Waals surface area (Å²) in [5, 5.41) is 2.48. The summed E-state index contributed by atoms with van der Waals surface area (Å²) in [5.41, 5.74) is 0. The lowest BCUT2D eigenvalue weighted by Gasteiger charge is -2.21. The highest BCUT2D eigenvalue weighted by molar-refractivity contribution is 7.91. The van der Waals surface area contributed by atoms with Gasteiger partial charge in [0.05, 0.1) is 35.4 Å². The van der Waals surface area contributed by atoms with Crippen LogP contribution in [0.2, 0.25) is 0 Å². The molecular formula is C12H21Cl2NO4S2. The molecule has 0 aromatic carbocycles. The third-order valence-electron chi connectivity index (χ3n) is 2.96. The molecule has 21 heavy (non-hydrogen) atoms. The molecule has 1 heterocycles. The van der Waals surface area contributed by atoms with E-state index in [-0.39, 0.29) is 28.7 Å². The Balaban J connectivity index is 2.34. The van der Waals surface area contributed by atoms with Crippen LogP contribution in [0.4, 0.5) is 0 Å². The standard InChI is InChI=1S/C12H21Cl2NO4S2/c1-2-4-18-5-3-9(6-13)19-12(20)15-11-8-21(16,17)7-10(11)14/h9-11H,2-8H2,1H3,(H,15,20)/t9-,10+,11+/m1/s1. The van der Waals surface area contributed by atoms with E-state index >= 15 is 0 Å². The molecule has 0 bridgehead atoms. The van der Waals surface area contributed by atoms with Gasteiger partial charge in [-0.3, -0.25) is 0 Å². The first-order valence-corrected chi connectivity index (χ1v) is 10.0. The number of hydrogen-bond acceptors (Lipinski definition) is 5. The fourth-order valence-corrected chi connectivity index (χ4v) is 4.96. The predicted octanol–water partition coefficient (Wildman–Crippen LogP) is 1.71. The van der Waals surface area contributed by atoms with E-state index in [1.54, 1.807) is 0 Å². The predicted molar refractivity (Wildman–Crippen MR) is 89.1 cm³/mol. The number of hydrogen-bond donors (Lipinski definition) is 1. The van der Waals surface area contributed by atoms with Gasteiger partial charge in [0.25, 0.3) is 5.17 Å². The lowest BCUT2D eigenvalue weighted by atomic mass is 10.2. The maximum Gasteiger partial charge on any atom is 0.257 e. The summed E-state index contributed by atoms with van der Waals surface area (Å²) in [5.74, 6) is 0.207. The van der Waals surface area contributed by atoms with Gasteiger partial charge in [-0.15, -0.1) is 23.2 Å². The number of sulfone groups is 1. The van der Waals surface area contributed by atoms with Crippen molar-refractivity contribution in [2.75, 3.05) is 30.6 Å². The molecule has 0 saturated carbocycles. The largest absolute Gasteiger partial charge is 0.466 e. The molecule has 1 aliphatic heterocycles. The van der Waals surface area contributed by atoms with E-state index in [1.807, 2.05) is 6.92 Å². The van der Waals surface area contributed by atoms with Crippen LogP contribution in [0.1, 0.15) is 19.8 Å². The first-order chi connectivity index (χ1) is 9.88. The molecule has 1 saturated heterocycles. The zero-order valence-corrected chi connectivity index (χ0v) is 15.0. The maximum atomic E-state index is 11.5. The summed E-state index contributed by atoms with van der Waals surface area (Å²) in [4.78, 5) is 0. The number of halogens is 2. The van der Waals surface area contributed by atoms with Gasteiger partial charge in [0.2, 0.25) is 0 Å². The Morgan fingerprint density at radius 2 is 2.14 bits per heavy atom. The molecule has 0 amide bonds. The smallest absolute Gasteiger partial charge is 0.257 e. The van der Waals surface area contributed by atoms with Gasteiger partial charge in [0.1, 0.15) is 6.10 Å². The van der Waals surface area contributed by atoms with Gasteiger partial charge in [-0.05, 0) is 18.6 Å². The highest BCUT2D eigenvalue weighted by atomic mass is 35.5. The van der Waals surface area contributed by atoms with Gasteiger partial charge in [0, 0.05) is 13.0 Å². The Bertz CT molecular complexity index is 433. The molecule has 1 N–H and O–H groups in total. The molecule has 1 rings (SSSR count). The van der Waals surface area contributed by atoms with Crippen LogP contribution in [-0.2, 0) is 19.3 Å². The van der Waals surface area contributed by atoms with Gasteiger partial charge in [-0.1, -0.05) is 6.92 Å². The number of rotatable bonds is 8. The van der Waals surface area contributed by atoms with Crippen molar-refractivity contribution < 1.29 is 17.9 Å². The summed E-state index contributed by atoms with van der Waals surface area (Å²) >= 11 is 16.9. The lowest BCUT2D eigenvalue weighted by Crippen LogP contribution is -2.42. The molecule has 0 unspecified atom stereocenters. The molecule has 0 spiro atoms. The fraction of sp³-hybridized carbons (Fsp3) is 0.917. The summed E-state index contributed by atoms with van der Waals surface area (Å²) in [7, 11) is -3.10. The lowest BCUT2D eigenvalue weighted by molar-refractivity contribution is 0.0945. The topological polar surface area (TPSA) is 64.6 Å². The fourth-order valence-electron chi connectivity index (χ4n) is 1.90. The molecule has 124 valence electrons. The second-order valence-corrected chi connectivity index (χ2v) is 8.32. The van der Waals surface area contributed by atoms with E-state index in [0.29, 0.717) is 19.6 Å². The molecule has 0 radical (unpaired) electrons. The van der Waals surface area contributed by atoms with Crippen molar-refractivity contribution in [3.8, 4) is 0 Å². The minimum absolute atomic E-state index is 0.0319. The van der Waals surface area contributed by atoms with Crippen LogP contribution >= 0.6 is 35.4 Å². The van der Waals surface area contributed by atoms with E-state index in [1.165, 1.54) is 0 Å². The second kappa shape index (κ2) is 9.35.